The van der Waals surface area contributed by atoms with Gasteiger partial charge in [-0.05, 0) is 11.1 Å². The molecule has 0 saturated carbocycles. The van der Waals surface area contributed by atoms with Gasteiger partial charge in [0.1, 0.15) is 43.4 Å². The zero-order valence-corrected chi connectivity index (χ0v) is 27.2. The Morgan fingerprint density at radius 2 is 1.30 bits per heavy atom. The Hall–Kier alpha value is -4.63. The zero-order valence-electron chi connectivity index (χ0n) is 26.4. The highest BCUT2D eigenvalue weighted by molar-refractivity contribution is 7.99. The fraction of sp³-hybridized carbons (Fsp3) is 0.438. The van der Waals surface area contributed by atoms with Crippen molar-refractivity contribution in [2.24, 2.45) is 0 Å². The molecule has 14 nitrogen and oxygen atoms in total. The summed E-state index contributed by atoms with van der Waals surface area (Å²) in [5, 5.41) is 5.19. The predicted molar refractivity (Wildman–Crippen MR) is 166 cm³/mol. The Bertz CT molecular complexity index is 1380. The van der Waals surface area contributed by atoms with Crippen LogP contribution in [0.1, 0.15) is 38.8 Å². The number of ether oxygens (including phenoxy) is 6. The van der Waals surface area contributed by atoms with Crippen molar-refractivity contribution in [3.8, 4) is 0 Å². The quantitative estimate of drug-likeness (QED) is 0.220. The number of carbonyl (C=O) groups excluding carboxylic acids is 6. The third-order valence-electron chi connectivity index (χ3n) is 6.51. The molecule has 0 aliphatic carbocycles. The third-order valence-corrected chi connectivity index (χ3v) is 7.77. The largest absolute Gasteiger partial charge is 0.463 e. The number of esters is 4. The fourth-order valence-corrected chi connectivity index (χ4v) is 5.78. The first-order chi connectivity index (χ1) is 22.4. The first-order valence-electron chi connectivity index (χ1n) is 14.6. The van der Waals surface area contributed by atoms with E-state index in [0.717, 1.165) is 31.2 Å². The molecule has 1 fully saturated rings. The van der Waals surface area contributed by atoms with E-state index in [2.05, 4.69) is 10.6 Å². The second-order valence-corrected chi connectivity index (χ2v) is 11.5. The maximum Gasteiger partial charge on any atom is 0.408 e. The van der Waals surface area contributed by atoms with E-state index in [9.17, 15) is 28.8 Å². The second kappa shape index (κ2) is 18.5. The summed E-state index contributed by atoms with van der Waals surface area (Å²) in [7, 11) is 0. The summed E-state index contributed by atoms with van der Waals surface area (Å²) in [5.41, 5.74) is 0.378. The Kier molecular flexibility index (Phi) is 14.5. The molecule has 2 aromatic carbocycles. The molecule has 1 aliphatic heterocycles. The number of alkyl carbamates (subject to hydrolysis) is 1. The van der Waals surface area contributed by atoms with Crippen LogP contribution in [0.3, 0.4) is 0 Å². The summed E-state index contributed by atoms with van der Waals surface area (Å²) in [5.74, 6) is -3.61. The van der Waals surface area contributed by atoms with E-state index >= 15 is 0 Å². The number of hydrogen-bond donors (Lipinski definition) is 2. The predicted octanol–water partition coefficient (Wildman–Crippen LogP) is 2.41. The van der Waals surface area contributed by atoms with E-state index in [-0.39, 0.29) is 25.6 Å². The van der Waals surface area contributed by atoms with Gasteiger partial charge in [0, 0.05) is 33.4 Å². The van der Waals surface area contributed by atoms with Crippen molar-refractivity contribution < 1.29 is 57.2 Å². The average Bonchev–Trinajstić information content (AvgIpc) is 3.02. The van der Waals surface area contributed by atoms with Gasteiger partial charge < -0.3 is 39.1 Å². The highest BCUT2D eigenvalue weighted by atomic mass is 32.2. The van der Waals surface area contributed by atoms with Gasteiger partial charge in [-0.2, -0.15) is 0 Å². The van der Waals surface area contributed by atoms with Gasteiger partial charge >= 0.3 is 30.0 Å². The van der Waals surface area contributed by atoms with Crippen molar-refractivity contribution in [3.05, 3.63) is 71.8 Å². The second-order valence-electron chi connectivity index (χ2n) is 10.4. The number of amides is 2. The maximum absolute atomic E-state index is 13.3. The van der Waals surface area contributed by atoms with E-state index in [0.29, 0.717) is 5.56 Å². The van der Waals surface area contributed by atoms with Gasteiger partial charge in [0.05, 0.1) is 0 Å². The van der Waals surface area contributed by atoms with Gasteiger partial charge in [0.2, 0.25) is 5.91 Å². The molecular weight excluding hydrogens is 636 g/mol. The number of nitrogens with one attached hydrogen (secondary N) is 2. The van der Waals surface area contributed by atoms with Gasteiger partial charge in [-0.25, -0.2) is 9.59 Å². The molecule has 3 rings (SSSR count). The van der Waals surface area contributed by atoms with Crippen molar-refractivity contribution in [2.45, 2.75) is 76.7 Å². The van der Waals surface area contributed by atoms with E-state index in [1.54, 1.807) is 48.5 Å². The number of carbonyl (C=O) groups is 6. The summed E-state index contributed by atoms with van der Waals surface area (Å²) in [6, 6.07) is 15.5. The van der Waals surface area contributed by atoms with Gasteiger partial charge in [-0.3, -0.25) is 19.2 Å². The molecule has 2 aromatic rings. The molecule has 1 aliphatic rings. The van der Waals surface area contributed by atoms with Crippen LogP contribution in [0.15, 0.2) is 60.7 Å². The van der Waals surface area contributed by atoms with Crippen molar-refractivity contribution in [3.63, 3.8) is 0 Å². The lowest BCUT2D eigenvalue weighted by atomic mass is 9.97. The molecule has 2 amide bonds. The van der Waals surface area contributed by atoms with E-state index in [4.69, 9.17) is 28.4 Å². The lowest BCUT2D eigenvalue weighted by molar-refractivity contribution is -0.211. The summed E-state index contributed by atoms with van der Waals surface area (Å²) in [6.07, 6.45) is -4.58. The van der Waals surface area contributed by atoms with Crippen LogP contribution in [0.5, 0.6) is 0 Å². The highest BCUT2D eigenvalue weighted by Crippen LogP contribution is 2.33. The lowest BCUT2D eigenvalue weighted by Gasteiger charge is -2.45. The van der Waals surface area contributed by atoms with Crippen LogP contribution in [-0.4, -0.2) is 84.1 Å². The smallest absolute Gasteiger partial charge is 0.408 e. The van der Waals surface area contributed by atoms with Gasteiger partial charge in [0.25, 0.3) is 0 Å². The first-order valence-corrected chi connectivity index (χ1v) is 15.7. The molecule has 1 saturated heterocycles. The molecule has 1 heterocycles. The van der Waals surface area contributed by atoms with E-state index in [1.165, 1.54) is 13.8 Å². The Morgan fingerprint density at radius 1 is 0.745 bits per heavy atom. The lowest BCUT2D eigenvalue weighted by Crippen LogP contribution is -2.65. The molecule has 0 spiro atoms. The average molecular weight is 675 g/mol. The molecule has 0 radical (unpaired) electrons. The first kappa shape index (κ1) is 36.8. The molecule has 0 aromatic heterocycles. The molecule has 254 valence electrons. The normalized spacial score (nSPS) is 20.9. The molecule has 6 atom stereocenters. The monoisotopic (exact) mass is 674 g/mol. The van der Waals surface area contributed by atoms with Crippen molar-refractivity contribution in [1.82, 2.24) is 10.6 Å². The number of hydrogen-bond acceptors (Lipinski definition) is 13. The Labute approximate surface area is 276 Å². The molecule has 0 unspecified atom stereocenters. The summed E-state index contributed by atoms with van der Waals surface area (Å²) in [4.78, 5) is 74.1. The van der Waals surface area contributed by atoms with E-state index in [1.807, 2.05) is 12.1 Å². The summed E-state index contributed by atoms with van der Waals surface area (Å²) >= 11 is 0.971. The molecule has 47 heavy (non-hydrogen) atoms. The maximum atomic E-state index is 13.3. The van der Waals surface area contributed by atoms with Crippen molar-refractivity contribution >= 4 is 47.6 Å². The third kappa shape index (κ3) is 12.6. The standard InChI is InChI=1S/C32H38N2O12S/c1-19(35)33-27-29(45-22(4)38)28(44-21(3)37)26(17-41-20(2)36)46-31(27)47-18-25(30(39)42-15-23-11-7-5-8-12-23)34-32(40)43-16-24-13-9-6-10-14-24/h5-14,25-29,31H,15-18H2,1-4H3,(H,33,35)(H,34,40)/t25-,26+,27+,28+,29+,31+/m0/s1. The SMILES string of the molecule is CC(=O)N[C@@H]1[C@@H](OC(C)=O)[C@H](OC(C)=O)[C@@H](COC(C)=O)O[C@@H]1SC[C@H](NC(=O)OCc1ccccc1)C(=O)OCc1ccccc1. The van der Waals surface area contributed by atoms with E-state index < -0.39 is 71.7 Å². The summed E-state index contributed by atoms with van der Waals surface area (Å²) < 4.78 is 33.0. The van der Waals surface area contributed by atoms with Crippen LogP contribution in [-0.2, 0) is 65.6 Å². The molecule has 0 bridgehead atoms. The Balaban J connectivity index is 1.85. The van der Waals surface area contributed by atoms with Gasteiger partial charge in [0.15, 0.2) is 12.2 Å². The van der Waals surface area contributed by atoms with Crippen LogP contribution < -0.4 is 10.6 Å². The zero-order chi connectivity index (χ0) is 34.3. The number of benzene rings is 2. The number of thioether (sulfide) groups is 1. The minimum absolute atomic E-state index is 0.0542. The minimum Gasteiger partial charge on any atom is -0.463 e. The molecule has 15 heteroatoms. The van der Waals surface area contributed by atoms with Crippen LogP contribution in [0.25, 0.3) is 0 Å². The minimum atomic E-state index is -1.28. The number of rotatable bonds is 14. The van der Waals surface area contributed by atoms with Crippen molar-refractivity contribution in [1.29, 1.82) is 0 Å². The highest BCUT2D eigenvalue weighted by Gasteiger charge is 2.51. The molecule has 2 N–H and O–H groups in total. The molecular formula is C32H38N2O12S. The van der Waals surface area contributed by atoms with Crippen LogP contribution in [0.2, 0.25) is 0 Å². The van der Waals surface area contributed by atoms with Gasteiger partial charge in [-0.15, -0.1) is 11.8 Å². The fourth-order valence-electron chi connectivity index (χ4n) is 4.53. The Morgan fingerprint density at radius 3 is 1.83 bits per heavy atom. The van der Waals surface area contributed by atoms with Crippen molar-refractivity contribution in [2.75, 3.05) is 12.4 Å². The van der Waals surface area contributed by atoms with Crippen LogP contribution in [0.4, 0.5) is 4.79 Å². The van der Waals surface area contributed by atoms with Gasteiger partial charge in [-0.1, -0.05) is 60.7 Å². The summed E-state index contributed by atoms with van der Waals surface area (Å²) in [6.45, 7) is 4.16. The topological polar surface area (TPSA) is 182 Å². The van der Waals surface area contributed by atoms with Crippen LogP contribution in [0, 0.1) is 0 Å². The van der Waals surface area contributed by atoms with Crippen LogP contribution >= 0.6 is 11.8 Å².